The lowest BCUT2D eigenvalue weighted by molar-refractivity contribution is 0.0614. The first-order chi connectivity index (χ1) is 9.21. The minimum absolute atomic E-state index is 0.158. The van der Waals surface area contributed by atoms with Gasteiger partial charge in [0.05, 0.1) is 0 Å². The van der Waals surface area contributed by atoms with Crippen molar-refractivity contribution in [2.45, 2.75) is 45.1 Å². The Balaban J connectivity index is 1.63. The van der Waals surface area contributed by atoms with Crippen molar-refractivity contribution in [3.05, 3.63) is 29.6 Å². The van der Waals surface area contributed by atoms with Gasteiger partial charge in [0.25, 0.3) is 0 Å². The first kappa shape index (κ1) is 12.9. The lowest BCUT2D eigenvalue weighted by Gasteiger charge is -2.43. The van der Waals surface area contributed by atoms with E-state index in [4.69, 9.17) is 4.74 Å². The van der Waals surface area contributed by atoms with Crippen LogP contribution in [0.5, 0.6) is 5.75 Å². The van der Waals surface area contributed by atoms with Gasteiger partial charge in [0, 0.05) is 18.5 Å². The van der Waals surface area contributed by atoms with Crippen LogP contribution in [0.15, 0.2) is 18.2 Å². The van der Waals surface area contributed by atoms with Crippen molar-refractivity contribution in [1.82, 2.24) is 5.32 Å². The molecule has 1 aromatic rings. The molecule has 0 bridgehead atoms. The lowest BCUT2D eigenvalue weighted by atomic mass is 9.65. The van der Waals surface area contributed by atoms with Crippen LogP contribution in [0.2, 0.25) is 0 Å². The summed E-state index contributed by atoms with van der Waals surface area (Å²) in [7, 11) is 0. The van der Waals surface area contributed by atoms with E-state index in [1.54, 1.807) is 12.1 Å². The molecule has 1 fully saturated rings. The summed E-state index contributed by atoms with van der Waals surface area (Å²) in [6.07, 6.45) is 6.11. The molecular formula is C16H22FNO. The zero-order valence-corrected chi connectivity index (χ0v) is 11.5. The molecule has 3 rings (SSSR count). The van der Waals surface area contributed by atoms with Gasteiger partial charge in [-0.25, -0.2) is 4.39 Å². The second kappa shape index (κ2) is 5.12. The highest BCUT2D eigenvalue weighted by atomic mass is 19.1. The number of nitrogens with one attached hydrogen (secondary N) is 1. The second-order valence-electron chi connectivity index (χ2n) is 6.03. The van der Waals surface area contributed by atoms with E-state index in [1.807, 2.05) is 0 Å². The Bertz CT molecular complexity index is 456. The summed E-state index contributed by atoms with van der Waals surface area (Å²) >= 11 is 0. The predicted molar refractivity (Wildman–Crippen MR) is 74.0 cm³/mol. The quantitative estimate of drug-likeness (QED) is 0.880. The number of hydrogen-bond acceptors (Lipinski definition) is 2. The number of halogens is 1. The Morgan fingerprint density at radius 2 is 2.26 bits per heavy atom. The molecule has 0 radical (unpaired) electrons. The summed E-state index contributed by atoms with van der Waals surface area (Å²) in [6, 6.07) is 4.87. The second-order valence-corrected chi connectivity index (χ2v) is 6.03. The van der Waals surface area contributed by atoms with Crippen LogP contribution in [0, 0.1) is 11.2 Å². The van der Waals surface area contributed by atoms with Gasteiger partial charge >= 0.3 is 0 Å². The highest BCUT2D eigenvalue weighted by Crippen LogP contribution is 2.46. The first-order valence-corrected chi connectivity index (χ1v) is 7.37. The number of fused-ring (bicyclic) bond motifs is 1. The van der Waals surface area contributed by atoms with E-state index in [0.717, 1.165) is 37.2 Å². The van der Waals surface area contributed by atoms with Crippen molar-refractivity contribution in [3.8, 4) is 5.75 Å². The molecule has 0 aromatic heterocycles. The molecule has 3 heteroatoms. The van der Waals surface area contributed by atoms with E-state index in [-0.39, 0.29) is 11.9 Å². The molecule has 0 amide bonds. The number of hydrogen-bond donors (Lipinski definition) is 1. The zero-order valence-electron chi connectivity index (χ0n) is 11.5. The summed E-state index contributed by atoms with van der Waals surface area (Å²) in [5, 5.41) is 3.48. The number of rotatable bonds is 5. The monoisotopic (exact) mass is 263 g/mol. The van der Waals surface area contributed by atoms with Crippen LogP contribution in [0.25, 0.3) is 0 Å². The zero-order chi connectivity index (χ0) is 13.3. The molecule has 1 heterocycles. The average Bonchev–Trinajstić information content (AvgIpc) is 2.73. The van der Waals surface area contributed by atoms with Crippen molar-refractivity contribution in [2.24, 2.45) is 5.41 Å². The fourth-order valence-corrected chi connectivity index (χ4v) is 3.41. The van der Waals surface area contributed by atoms with E-state index in [1.165, 1.54) is 25.3 Å². The maximum Gasteiger partial charge on any atom is 0.123 e. The van der Waals surface area contributed by atoms with E-state index in [9.17, 15) is 4.39 Å². The van der Waals surface area contributed by atoms with Crippen molar-refractivity contribution in [1.29, 1.82) is 0 Å². The Kier molecular flexibility index (Phi) is 3.48. The Hall–Kier alpha value is -1.09. The molecule has 104 valence electrons. The van der Waals surface area contributed by atoms with Crippen molar-refractivity contribution in [2.75, 3.05) is 13.1 Å². The van der Waals surface area contributed by atoms with Crippen LogP contribution >= 0.6 is 0 Å². The highest BCUT2D eigenvalue weighted by molar-refractivity contribution is 5.38. The summed E-state index contributed by atoms with van der Waals surface area (Å²) in [4.78, 5) is 0. The maximum atomic E-state index is 13.2. The van der Waals surface area contributed by atoms with Crippen LogP contribution in [-0.4, -0.2) is 19.2 Å². The summed E-state index contributed by atoms with van der Waals surface area (Å²) in [6.45, 7) is 4.27. The number of benzene rings is 1. The van der Waals surface area contributed by atoms with E-state index in [2.05, 4.69) is 12.2 Å². The molecule has 1 aliphatic carbocycles. The summed E-state index contributed by atoms with van der Waals surface area (Å²) in [5.74, 6) is 0.721. The lowest BCUT2D eigenvalue weighted by Crippen LogP contribution is -2.43. The predicted octanol–water partition coefficient (Wildman–Crippen LogP) is 3.30. The molecular weight excluding hydrogens is 241 g/mol. The van der Waals surface area contributed by atoms with Gasteiger partial charge < -0.3 is 10.1 Å². The fourth-order valence-electron chi connectivity index (χ4n) is 3.41. The van der Waals surface area contributed by atoms with E-state index >= 15 is 0 Å². The SMILES string of the molecule is CCNCC1(CC2Cc3cc(F)ccc3O2)CCC1. The van der Waals surface area contributed by atoms with Gasteiger partial charge in [-0.05, 0) is 49.4 Å². The molecule has 1 aliphatic heterocycles. The molecule has 19 heavy (non-hydrogen) atoms. The topological polar surface area (TPSA) is 21.3 Å². The van der Waals surface area contributed by atoms with Gasteiger partial charge in [-0.15, -0.1) is 0 Å². The Morgan fingerprint density at radius 3 is 2.95 bits per heavy atom. The molecule has 1 aromatic carbocycles. The number of ether oxygens (including phenoxy) is 1. The minimum Gasteiger partial charge on any atom is -0.490 e. The van der Waals surface area contributed by atoms with Crippen LogP contribution < -0.4 is 10.1 Å². The molecule has 0 spiro atoms. The van der Waals surface area contributed by atoms with Gasteiger partial charge in [-0.2, -0.15) is 0 Å². The van der Waals surface area contributed by atoms with Crippen LogP contribution in [0.3, 0.4) is 0 Å². The van der Waals surface area contributed by atoms with Crippen LogP contribution in [0.4, 0.5) is 4.39 Å². The minimum atomic E-state index is -0.158. The van der Waals surface area contributed by atoms with Gasteiger partial charge in [0.1, 0.15) is 17.7 Å². The molecule has 1 atom stereocenters. The summed E-state index contributed by atoms with van der Waals surface area (Å²) < 4.78 is 19.2. The Morgan fingerprint density at radius 1 is 1.42 bits per heavy atom. The molecule has 1 saturated carbocycles. The first-order valence-electron chi connectivity index (χ1n) is 7.37. The van der Waals surface area contributed by atoms with Crippen molar-refractivity contribution in [3.63, 3.8) is 0 Å². The fraction of sp³-hybridized carbons (Fsp3) is 0.625. The van der Waals surface area contributed by atoms with Crippen LogP contribution in [-0.2, 0) is 6.42 Å². The normalized spacial score (nSPS) is 23.6. The van der Waals surface area contributed by atoms with Gasteiger partial charge in [-0.1, -0.05) is 13.3 Å². The standard InChI is InChI=1S/C16H22FNO/c1-2-18-11-16(6-3-7-16)10-14-9-12-8-13(17)4-5-15(12)19-14/h4-5,8,14,18H,2-3,6-7,9-11H2,1H3. The average molecular weight is 263 g/mol. The highest BCUT2D eigenvalue weighted by Gasteiger charge is 2.40. The third kappa shape index (κ3) is 2.62. The molecule has 0 saturated heterocycles. The van der Waals surface area contributed by atoms with Crippen molar-refractivity contribution >= 4 is 0 Å². The van der Waals surface area contributed by atoms with Crippen LogP contribution in [0.1, 0.15) is 38.2 Å². The van der Waals surface area contributed by atoms with E-state index < -0.39 is 0 Å². The smallest absolute Gasteiger partial charge is 0.123 e. The maximum absolute atomic E-state index is 13.2. The molecule has 2 nitrogen and oxygen atoms in total. The molecule has 1 N–H and O–H groups in total. The van der Waals surface area contributed by atoms with Gasteiger partial charge in [0.15, 0.2) is 0 Å². The van der Waals surface area contributed by atoms with Gasteiger partial charge in [-0.3, -0.25) is 0 Å². The molecule has 2 aliphatic rings. The molecule has 1 unspecified atom stereocenters. The summed E-state index contributed by atoms with van der Waals surface area (Å²) in [5.41, 5.74) is 1.45. The van der Waals surface area contributed by atoms with Crippen molar-refractivity contribution < 1.29 is 9.13 Å². The van der Waals surface area contributed by atoms with E-state index in [0.29, 0.717) is 5.41 Å². The third-order valence-corrected chi connectivity index (χ3v) is 4.59. The largest absolute Gasteiger partial charge is 0.490 e. The third-order valence-electron chi connectivity index (χ3n) is 4.59. The van der Waals surface area contributed by atoms with Gasteiger partial charge in [0.2, 0.25) is 0 Å². The Labute approximate surface area is 114 Å².